The van der Waals surface area contributed by atoms with Gasteiger partial charge in [-0.15, -0.1) is 0 Å². The first-order chi connectivity index (χ1) is 8.74. The molecule has 0 saturated heterocycles. The van der Waals surface area contributed by atoms with Crippen LogP contribution in [0, 0.1) is 0 Å². The van der Waals surface area contributed by atoms with Crippen molar-refractivity contribution in [1.29, 1.82) is 0 Å². The highest BCUT2D eigenvalue weighted by atomic mass is 16.3. The lowest BCUT2D eigenvalue weighted by atomic mass is 9.86. The molecule has 0 unspecified atom stereocenters. The Balaban J connectivity index is 2.11. The monoisotopic (exact) mass is 239 g/mol. The van der Waals surface area contributed by atoms with Gasteiger partial charge in [-0.1, -0.05) is 43.3 Å². The molecule has 1 N–H and O–H groups in total. The van der Waals surface area contributed by atoms with E-state index in [-0.39, 0.29) is 12.0 Å². The van der Waals surface area contributed by atoms with Gasteiger partial charge < -0.3 is 10.0 Å². The van der Waals surface area contributed by atoms with Gasteiger partial charge >= 0.3 is 0 Å². The summed E-state index contributed by atoms with van der Waals surface area (Å²) in [5.74, 6) is 0. The average Bonchev–Trinajstić information content (AvgIpc) is 2.75. The zero-order valence-corrected chi connectivity index (χ0v) is 10.5. The molecule has 92 valence electrons. The summed E-state index contributed by atoms with van der Waals surface area (Å²) in [5.41, 5.74) is 3.45. The van der Waals surface area contributed by atoms with Crippen molar-refractivity contribution in [3.05, 3.63) is 60.2 Å². The lowest BCUT2D eigenvalue weighted by Crippen LogP contribution is -2.31. The number of hydrogen-bond donors (Lipinski definition) is 1. The molecule has 0 amide bonds. The molecule has 1 aliphatic rings. The SMILES string of the molecule is C[C@@]1(CO)CN(c2ccccc2)c2ccccc21. The first-order valence-electron chi connectivity index (χ1n) is 6.27. The Kier molecular flexibility index (Phi) is 2.60. The normalized spacial score (nSPS) is 22.0. The Bertz CT molecular complexity index is 552. The third kappa shape index (κ3) is 1.61. The fourth-order valence-corrected chi connectivity index (χ4v) is 2.71. The van der Waals surface area contributed by atoms with Crippen molar-refractivity contribution in [1.82, 2.24) is 0 Å². The molecule has 3 rings (SSSR count). The highest BCUT2D eigenvalue weighted by molar-refractivity contribution is 5.72. The summed E-state index contributed by atoms with van der Waals surface area (Å²) in [6, 6.07) is 18.7. The number of fused-ring (bicyclic) bond motifs is 1. The van der Waals surface area contributed by atoms with Crippen molar-refractivity contribution < 1.29 is 5.11 Å². The lowest BCUT2D eigenvalue weighted by molar-refractivity contribution is 0.216. The molecule has 2 heteroatoms. The molecule has 0 spiro atoms. The molecule has 18 heavy (non-hydrogen) atoms. The van der Waals surface area contributed by atoms with Crippen LogP contribution in [0.1, 0.15) is 12.5 Å². The number of aliphatic hydroxyl groups excluding tert-OH is 1. The number of aliphatic hydroxyl groups is 1. The second-order valence-corrected chi connectivity index (χ2v) is 5.16. The summed E-state index contributed by atoms with van der Waals surface area (Å²) in [7, 11) is 0. The molecule has 0 bridgehead atoms. The van der Waals surface area contributed by atoms with E-state index in [1.54, 1.807) is 0 Å². The second kappa shape index (κ2) is 4.14. The summed E-state index contributed by atoms with van der Waals surface area (Å²) in [5, 5.41) is 9.71. The minimum atomic E-state index is -0.174. The number of anilines is 2. The predicted octanol–water partition coefficient (Wildman–Crippen LogP) is 3.09. The lowest BCUT2D eigenvalue weighted by Gasteiger charge is -2.24. The number of rotatable bonds is 2. The van der Waals surface area contributed by atoms with E-state index in [4.69, 9.17) is 0 Å². The number of nitrogens with zero attached hydrogens (tertiary/aromatic N) is 1. The smallest absolute Gasteiger partial charge is 0.0543 e. The van der Waals surface area contributed by atoms with E-state index in [0.717, 1.165) is 6.54 Å². The molecule has 0 aromatic heterocycles. The Morgan fingerprint density at radius 1 is 1.06 bits per heavy atom. The standard InChI is InChI=1S/C16H17NO/c1-16(12-18)11-17(13-7-3-2-4-8-13)15-10-6-5-9-14(15)16/h2-10,18H,11-12H2,1H3/t16-/m0/s1. The molecule has 1 aliphatic heterocycles. The van der Waals surface area contributed by atoms with E-state index in [2.05, 4.69) is 42.2 Å². The van der Waals surface area contributed by atoms with Gasteiger partial charge in [-0.25, -0.2) is 0 Å². The Labute approximate surface area is 107 Å². The third-order valence-electron chi connectivity index (χ3n) is 3.77. The fraction of sp³-hybridized carbons (Fsp3) is 0.250. The van der Waals surface area contributed by atoms with Crippen LogP contribution in [-0.4, -0.2) is 18.3 Å². The molecule has 2 aromatic rings. The maximum atomic E-state index is 9.71. The minimum Gasteiger partial charge on any atom is -0.395 e. The topological polar surface area (TPSA) is 23.5 Å². The van der Waals surface area contributed by atoms with Gasteiger partial charge in [0.2, 0.25) is 0 Å². The van der Waals surface area contributed by atoms with E-state index < -0.39 is 0 Å². The van der Waals surface area contributed by atoms with Crippen molar-refractivity contribution >= 4 is 11.4 Å². The molecule has 0 radical (unpaired) electrons. The number of hydrogen-bond acceptors (Lipinski definition) is 2. The van der Waals surface area contributed by atoms with Gasteiger partial charge in [-0.2, -0.15) is 0 Å². The molecule has 0 fully saturated rings. The Morgan fingerprint density at radius 3 is 2.44 bits per heavy atom. The quantitative estimate of drug-likeness (QED) is 0.870. The molecule has 0 saturated carbocycles. The predicted molar refractivity (Wildman–Crippen MR) is 74.3 cm³/mol. The van der Waals surface area contributed by atoms with Crippen LogP contribution < -0.4 is 4.90 Å². The zero-order chi connectivity index (χ0) is 12.6. The van der Waals surface area contributed by atoms with Crippen LogP contribution in [0.4, 0.5) is 11.4 Å². The van der Waals surface area contributed by atoms with Gasteiger partial charge in [-0.05, 0) is 23.8 Å². The fourth-order valence-electron chi connectivity index (χ4n) is 2.71. The van der Waals surface area contributed by atoms with Crippen molar-refractivity contribution in [3.8, 4) is 0 Å². The van der Waals surface area contributed by atoms with Crippen molar-refractivity contribution in [3.63, 3.8) is 0 Å². The molecule has 2 aromatic carbocycles. The first kappa shape index (κ1) is 11.3. The van der Waals surface area contributed by atoms with Crippen LogP contribution >= 0.6 is 0 Å². The molecular weight excluding hydrogens is 222 g/mol. The molecule has 0 aliphatic carbocycles. The van der Waals surface area contributed by atoms with E-state index in [9.17, 15) is 5.11 Å². The molecule has 1 heterocycles. The Hall–Kier alpha value is -1.80. The Morgan fingerprint density at radius 2 is 1.72 bits per heavy atom. The highest BCUT2D eigenvalue weighted by Gasteiger charge is 2.38. The summed E-state index contributed by atoms with van der Waals surface area (Å²) in [6.07, 6.45) is 0. The summed E-state index contributed by atoms with van der Waals surface area (Å²) < 4.78 is 0. The second-order valence-electron chi connectivity index (χ2n) is 5.16. The average molecular weight is 239 g/mol. The van der Waals surface area contributed by atoms with Crippen LogP contribution in [0.3, 0.4) is 0 Å². The summed E-state index contributed by atoms with van der Waals surface area (Å²) in [4.78, 5) is 2.28. The maximum Gasteiger partial charge on any atom is 0.0543 e. The van der Waals surface area contributed by atoms with Gasteiger partial charge in [0.25, 0.3) is 0 Å². The largest absolute Gasteiger partial charge is 0.395 e. The van der Waals surface area contributed by atoms with Crippen LogP contribution in [0.2, 0.25) is 0 Å². The van der Waals surface area contributed by atoms with Gasteiger partial charge in [0.05, 0.1) is 6.61 Å². The zero-order valence-electron chi connectivity index (χ0n) is 10.5. The van der Waals surface area contributed by atoms with Crippen LogP contribution in [0.25, 0.3) is 0 Å². The van der Waals surface area contributed by atoms with Crippen LogP contribution in [-0.2, 0) is 5.41 Å². The van der Waals surface area contributed by atoms with E-state index in [1.807, 2.05) is 24.3 Å². The number of para-hydroxylation sites is 2. The summed E-state index contributed by atoms with van der Waals surface area (Å²) in [6.45, 7) is 3.12. The third-order valence-corrected chi connectivity index (χ3v) is 3.77. The van der Waals surface area contributed by atoms with Crippen molar-refractivity contribution in [2.24, 2.45) is 0 Å². The summed E-state index contributed by atoms with van der Waals surface area (Å²) >= 11 is 0. The number of benzene rings is 2. The van der Waals surface area contributed by atoms with Crippen molar-refractivity contribution in [2.75, 3.05) is 18.1 Å². The van der Waals surface area contributed by atoms with Gasteiger partial charge in [0, 0.05) is 23.3 Å². The van der Waals surface area contributed by atoms with E-state index in [1.165, 1.54) is 16.9 Å². The van der Waals surface area contributed by atoms with Gasteiger partial charge in [0.15, 0.2) is 0 Å². The first-order valence-corrected chi connectivity index (χ1v) is 6.27. The highest BCUT2D eigenvalue weighted by Crippen LogP contribution is 2.43. The van der Waals surface area contributed by atoms with E-state index >= 15 is 0 Å². The molecule has 1 atom stereocenters. The van der Waals surface area contributed by atoms with Gasteiger partial charge in [0.1, 0.15) is 0 Å². The van der Waals surface area contributed by atoms with Gasteiger partial charge in [-0.3, -0.25) is 0 Å². The minimum absolute atomic E-state index is 0.174. The molecular formula is C16H17NO. The van der Waals surface area contributed by atoms with E-state index in [0.29, 0.717) is 0 Å². The molecule has 2 nitrogen and oxygen atoms in total. The van der Waals surface area contributed by atoms with Crippen molar-refractivity contribution in [2.45, 2.75) is 12.3 Å². The maximum absolute atomic E-state index is 9.71. The van der Waals surface area contributed by atoms with Crippen LogP contribution in [0.5, 0.6) is 0 Å². The van der Waals surface area contributed by atoms with Crippen LogP contribution in [0.15, 0.2) is 54.6 Å².